The third-order valence-electron chi connectivity index (χ3n) is 2.73. The van der Waals surface area contributed by atoms with E-state index < -0.39 is 0 Å². The number of halogens is 1. The van der Waals surface area contributed by atoms with Crippen molar-refractivity contribution in [3.63, 3.8) is 0 Å². The molecule has 6 heteroatoms. The van der Waals surface area contributed by atoms with Gasteiger partial charge in [-0.25, -0.2) is 0 Å². The highest BCUT2D eigenvalue weighted by Crippen LogP contribution is 2.21. The van der Waals surface area contributed by atoms with Crippen LogP contribution >= 0.6 is 11.6 Å². The molecule has 0 aliphatic heterocycles. The van der Waals surface area contributed by atoms with Crippen molar-refractivity contribution < 1.29 is 9.59 Å². The second-order valence-corrected chi connectivity index (χ2v) is 4.86. The number of nitrogens with two attached hydrogens (primary N) is 1. The smallest absolute Gasteiger partial charge is 0.255 e. The minimum Gasteiger partial charge on any atom is -0.398 e. The summed E-state index contributed by atoms with van der Waals surface area (Å²) in [6.07, 6.45) is 0. The lowest BCUT2D eigenvalue weighted by molar-refractivity contribution is -0.114. The average molecular weight is 304 g/mol. The van der Waals surface area contributed by atoms with Crippen molar-refractivity contribution in [3.05, 3.63) is 53.1 Å². The van der Waals surface area contributed by atoms with Gasteiger partial charge in [0.25, 0.3) is 5.91 Å². The predicted octanol–water partition coefficient (Wildman–Crippen LogP) is 3.13. The number of nitrogen functional groups attached to an aromatic ring is 1. The Labute approximate surface area is 127 Å². The van der Waals surface area contributed by atoms with Crippen molar-refractivity contribution in [2.45, 2.75) is 6.92 Å². The first kappa shape index (κ1) is 14.9. The Kier molecular flexibility index (Phi) is 4.45. The second-order valence-electron chi connectivity index (χ2n) is 4.45. The Morgan fingerprint density at radius 1 is 1.00 bits per heavy atom. The number of nitrogens with one attached hydrogen (secondary N) is 2. The number of amides is 2. The van der Waals surface area contributed by atoms with E-state index in [0.717, 1.165) is 0 Å². The lowest BCUT2D eigenvalue weighted by atomic mass is 10.2. The highest BCUT2D eigenvalue weighted by molar-refractivity contribution is 6.33. The van der Waals surface area contributed by atoms with Crippen LogP contribution in [0.3, 0.4) is 0 Å². The standard InChI is InChI=1S/C15H14ClN3O2/c1-9(20)18-11-3-5-12(6-4-11)19-15(21)10-2-7-14(17)13(16)8-10/h2-8H,17H2,1H3,(H,18,20)(H,19,21). The second kappa shape index (κ2) is 6.28. The van der Waals surface area contributed by atoms with Gasteiger partial charge in [0.05, 0.1) is 10.7 Å². The van der Waals surface area contributed by atoms with Gasteiger partial charge in [0.15, 0.2) is 0 Å². The van der Waals surface area contributed by atoms with Gasteiger partial charge in [0, 0.05) is 23.9 Å². The molecule has 2 amide bonds. The number of hydrogen-bond donors (Lipinski definition) is 3. The summed E-state index contributed by atoms with van der Waals surface area (Å²) in [5, 5.41) is 5.72. The summed E-state index contributed by atoms with van der Waals surface area (Å²) in [7, 11) is 0. The van der Waals surface area contributed by atoms with Crippen LogP contribution in [-0.4, -0.2) is 11.8 Å². The first-order valence-corrected chi connectivity index (χ1v) is 6.57. The molecule has 0 aliphatic rings. The van der Waals surface area contributed by atoms with Crippen molar-refractivity contribution in [2.24, 2.45) is 0 Å². The van der Waals surface area contributed by atoms with Crippen LogP contribution in [0.1, 0.15) is 17.3 Å². The summed E-state index contributed by atoms with van der Waals surface area (Å²) in [5.41, 5.74) is 7.72. The molecular weight excluding hydrogens is 290 g/mol. The molecule has 2 rings (SSSR count). The van der Waals surface area contributed by atoms with Gasteiger partial charge < -0.3 is 16.4 Å². The fourth-order valence-electron chi connectivity index (χ4n) is 1.71. The van der Waals surface area contributed by atoms with Crippen molar-refractivity contribution in [1.82, 2.24) is 0 Å². The highest BCUT2D eigenvalue weighted by atomic mass is 35.5. The van der Waals surface area contributed by atoms with Crippen LogP contribution in [-0.2, 0) is 4.79 Å². The van der Waals surface area contributed by atoms with E-state index >= 15 is 0 Å². The Hall–Kier alpha value is -2.53. The summed E-state index contributed by atoms with van der Waals surface area (Å²) in [6.45, 7) is 1.43. The molecule has 0 aromatic heterocycles. The Morgan fingerprint density at radius 2 is 1.57 bits per heavy atom. The van der Waals surface area contributed by atoms with E-state index in [-0.39, 0.29) is 11.8 Å². The summed E-state index contributed by atoms with van der Waals surface area (Å²) in [6, 6.07) is 11.5. The topological polar surface area (TPSA) is 84.2 Å². The lowest BCUT2D eigenvalue weighted by Crippen LogP contribution is -2.12. The number of anilines is 3. The maximum Gasteiger partial charge on any atom is 0.255 e. The molecule has 0 bridgehead atoms. The molecule has 0 atom stereocenters. The zero-order valence-electron chi connectivity index (χ0n) is 11.3. The normalized spacial score (nSPS) is 10.0. The molecular formula is C15H14ClN3O2. The number of benzene rings is 2. The van der Waals surface area contributed by atoms with Gasteiger partial charge in [-0.2, -0.15) is 0 Å². The molecule has 5 nitrogen and oxygen atoms in total. The minimum atomic E-state index is -0.288. The molecule has 0 fully saturated rings. The molecule has 108 valence electrons. The van der Waals surface area contributed by atoms with E-state index in [1.54, 1.807) is 36.4 Å². The molecule has 0 saturated heterocycles. The van der Waals surface area contributed by atoms with E-state index in [4.69, 9.17) is 17.3 Å². The van der Waals surface area contributed by atoms with Crippen molar-refractivity contribution in [2.75, 3.05) is 16.4 Å². The lowest BCUT2D eigenvalue weighted by Gasteiger charge is -2.08. The third kappa shape index (κ3) is 3.97. The van der Waals surface area contributed by atoms with Crippen LogP contribution in [0.15, 0.2) is 42.5 Å². The number of carbonyl (C=O) groups excluding carboxylic acids is 2. The number of carbonyl (C=O) groups is 2. The summed E-state index contributed by atoms with van der Waals surface area (Å²) >= 11 is 5.88. The average Bonchev–Trinajstić information content (AvgIpc) is 2.43. The van der Waals surface area contributed by atoms with Gasteiger partial charge >= 0.3 is 0 Å². The first-order valence-electron chi connectivity index (χ1n) is 6.20. The largest absolute Gasteiger partial charge is 0.398 e. The van der Waals surface area contributed by atoms with Gasteiger partial charge in [0.1, 0.15) is 0 Å². The zero-order chi connectivity index (χ0) is 15.4. The SMILES string of the molecule is CC(=O)Nc1ccc(NC(=O)c2ccc(N)c(Cl)c2)cc1. The maximum atomic E-state index is 12.1. The van der Waals surface area contributed by atoms with Crippen molar-refractivity contribution in [3.8, 4) is 0 Å². The van der Waals surface area contributed by atoms with Gasteiger partial charge in [-0.15, -0.1) is 0 Å². The molecule has 2 aromatic rings. The van der Waals surface area contributed by atoms with E-state index in [2.05, 4.69) is 10.6 Å². The predicted molar refractivity (Wildman–Crippen MR) is 84.6 cm³/mol. The third-order valence-corrected chi connectivity index (χ3v) is 3.05. The van der Waals surface area contributed by atoms with Crippen LogP contribution in [0.5, 0.6) is 0 Å². The van der Waals surface area contributed by atoms with Crippen molar-refractivity contribution in [1.29, 1.82) is 0 Å². The first-order chi connectivity index (χ1) is 9.95. The summed E-state index contributed by atoms with van der Waals surface area (Å²) in [4.78, 5) is 23.0. The number of rotatable bonds is 3. The van der Waals surface area contributed by atoms with Gasteiger partial charge in [0.2, 0.25) is 5.91 Å². The Morgan fingerprint density at radius 3 is 2.10 bits per heavy atom. The van der Waals surface area contributed by atoms with E-state index in [1.807, 2.05) is 0 Å². The monoisotopic (exact) mass is 303 g/mol. The molecule has 0 saturated carbocycles. The molecule has 4 N–H and O–H groups in total. The molecule has 0 aliphatic carbocycles. The van der Waals surface area contributed by atoms with Gasteiger partial charge in [-0.1, -0.05) is 11.6 Å². The summed E-state index contributed by atoms with van der Waals surface area (Å²) in [5.74, 6) is -0.438. The quantitative estimate of drug-likeness (QED) is 0.762. The van der Waals surface area contributed by atoms with E-state index in [0.29, 0.717) is 27.6 Å². The fraction of sp³-hybridized carbons (Fsp3) is 0.0667. The van der Waals surface area contributed by atoms with Gasteiger partial charge in [-0.3, -0.25) is 9.59 Å². The van der Waals surface area contributed by atoms with Crippen molar-refractivity contribution >= 4 is 40.5 Å². The highest BCUT2D eigenvalue weighted by Gasteiger charge is 2.08. The number of hydrogen-bond acceptors (Lipinski definition) is 3. The molecule has 0 unspecified atom stereocenters. The van der Waals surface area contributed by atoms with Crippen LogP contribution < -0.4 is 16.4 Å². The van der Waals surface area contributed by atoms with E-state index in [9.17, 15) is 9.59 Å². The van der Waals surface area contributed by atoms with Crippen LogP contribution in [0.25, 0.3) is 0 Å². The molecule has 2 aromatic carbocycles. The zero-order valence-corrected chi connectivity index (χ0v) is 12.1. The minimum absolute atomic E-state index is 0.150. The van der Waals surface area contributed by atoms with Crippen LogP contribution in [0.2, 0.25) is 5.02 Å². The fourth-order valence-corrected chi connectivity index (χ4v) is 1.89. The maximum absolute atomic E-state index is 12.1. The van der Waals surface area contributed by atoms with Crippen LogP contribution in [0.4, 0.5) is 17.1 Å². The van der Waals surface area contributed by atoms with Crippen LogP contribution in [0, 0.1) is 0 Å². The molecule has 0 spiro atoms. The Balaban J connectivity index is 2.08. The molecule has 0 heterocycles. The molecule has 0 radical (unpaired) electrons. The van der Waals surface area contributed by atoms with Gasteiger partial charge in [-0.05, 0) is 42.5 Å². The van der Waals surface area contributed by atoms with E-state index in [1.165, 1.54) is 13.0 Å². The summed E-state index contributed by atoms with van der Waals surface area (Å²) < 4.78 is 0. The Bertz CT molecular complexity index is 684. The molecule has 21 heavy (non-hydrogen) atoms.